The quantitative estimate of drug-likeness (QED) is 0.328. The molecule has 1 aliphatic carbocycles. The van der Waals surface area contributed by atoms with Crippen LogP contribution in [0.15, 0.2) is 11.6 Å². The number of hydrogen-bond donors (Lipinski definition) is 1. The van der Waals surface area contributed by atoms with Gasteiger partial charge < -0.3 is 4.74 Å². The summed E-state index contributed by atoms with van der Waals surface area (Å²) < 4.78 is 5.65. The highest BCUT2D eigenvalue weighted by molar-refractivity contribution is 5.95. The van der Waals surface area contributed by atoms with E-state index in [0.717, 1.165) is 24.8 Å². The molecule has 0 aromatic carbocycles. The van der Waals surface area contributed by atoms with Crippen molar-refractivity contribution in [1.82, 2.24) is 0 Å². The summed E-state index contributed by atoms with van der Waals surface area (Å²) >= 11 is 0. The third-order valence-electron chi connectivity index (χ3n) is 3.64. The second-order valence-electron chi connectivity index (χ2n) is 5.11. The molecule has 4 nitrogen and oxygen atoms in total. The van der Waals surface area contributed by atoms with E-state index in [9.17, 15) is 4.79 Å². The summed E-state index contributed by atoms with van der Waals surface area (Å²) in [4.78, 5) is 16.2. The predicted octanol–water partition coefficient (Wildman–Crippen LogP) is 3.32. The van der Waals surface area contributed by atoms with E-state index in [1.165, 1.54) is 0 Å². The van der Waals surface area contributed by atoms with Gasteiger partial charge in [-0.3, -0.25) is 4.79 Å². The first-order valence-electron chi connectivity index (χ1n) is 6.70. The van der Waals surface area contributed by atoms with Crippen LogP contribution in [-0.2, 0) is 14.4 Å². The van der Waals surface area contributed by atoms with Gasteiger partial charge in [-0.15, -0.1) is 0 Å². The molecule has 1 N–H and O–H groups in total. The number of carbonyl (C=O) groups is 1. The lowest BCUT2D eigenvalue weighted by Gasteiger charge is -2.35. The Hall–Kier alpha value is -0.710. The summed E-state index contributed by atoms with van der Waals surface area (Å²) in [5, 5.41) is 9.09. The van der Waals surface area contributed by atoms with E-state index < -0.39 is 5.79 Å². The number of carbonyl (C=O) groups excluding carboxylic acids is 1. The fraction of sp³-hybridized carbons (Fsp3) is 0.786. The third kappa shape index (κ3) is 3.90. The molecule has 1 aliphatic rings. The molecular formula is C14H24O4. The standard InChI is InChI=1S/C14H24O4/c1-4-5-6-9-17-14(3,18-16)12-8-7-11(2)13(15)10-12/h7,12,16H,4-6,8-10H2,1-3H3. The number of hydrogen-bond acceptors (Lipinski definition) is 4. The van der Waals surface area contributed by atoms with Gasteiger partial charge in [0.05, 0.1) is 6.61 Å². The maximum absolute atomic E-state index is 11.7. The maximum Gasteiger partial charge on any atom is 0.202 e. The van der Waals surface area contributed by atoms with E-state index in [1.54, 1.807) is 6.92 Å². The molecule has 0 saturated carbocycles. The van der Waals surface area contributed by atoms with Gasteiger partial charge in [0.15, 0.2) is 5.78 Å². The van der Waals surface area contributed by atoms with E-state index in [1.807, 2.05) is 13.0 Å². The van der Waals surface area contributed by atoms with Crippen LogP contribution in [0, 0.1) is 5.92 Å². The van der Waals surface area contributed by atoms with Gasteiger partial charge in [-0.25, -0.2) is 10.1 Å². The number of ether oxygens (including phenoxy) is 1. The van der Waals surface area contributed by atoms with Crippen LogP contribution in [0.1, 0.15) is 52.9 Å². The molecule has 18 heavy (non-hydrogen) atoms. The van der Waals surface area contributed by atoms with Gasteiger partial charge in [0, 0.05) is 12.3 Å². The largest absolute Gasteiger partial charge is 0.347 e. The lowest BCUT2D eigenvalue weighted by Crippen LogP contribution is -2.42. The van der Waals surface area contributed by atoms with Crippen molar-refractivity contribution in [2.24, 2.45) is 5.92 Å². The summed E-state index contributed by atoms with van der Waals surface area (Å²) in [6.07, 6.45) is 6.09. The Morgan fingerprint density at radius 2 is 2.22 bits per heavy atom. The van der Waals surface area contributed by atoms with Crippen molar-refractivity contribution in [2.75, 3.05) is 6.61 Å². The van der Waals surface area contributed by atoms with E-state index in [2.05, 4.69) is 11.8 Å². The summed E-state index contributed by atoms with van der Waals surface area (Å²) in [6.45, 7) is 6.18. The fourth-order valence-corrected chi connectivity index (χ4v) is 2.15. The van der Waals surface area contributed by atoms with Crippen molar-refractivity contribution < 1.29 is 19.7 Å². The molecule has 0 bridgehead atoms. The molecule has 1 rings (SSSR count). The third-order valence-corrected chi connectivity index (χ3v) is 3.64. The summed E-state index contributed by atoms with van der Waals surface area (Å²) in [5.74, 6) is -1.10. The van der Waals surface area contributed by atoms with Gasteiger partial charge in [0.2, 0.25) is 5.79 Å². The number of allylic oxidation sites excluding steroid dienone is 2. The minimum absolute atomic E-state index is 0.103. The van der Waals surface area contributed by atoms with Crippen molar-refractivity contribution in [3.8, 4) is 0 Å². The first-order valence-corrected chi connectivity index (χ1v) is 6.70. The molecule has 0 saturated heterocycles. The Labute approximate surface area is 109 Å². The lowest BCUT2D eigenvalue weighted by molar-refractivity contribution is -0.413. The van der Waals surface area contributed by atoms with E-state index in [0.29, 0.717) is 19.4 Å². The van der Waals surface area contributed by atoms with Crippen LogP contribution in [0.4, 0.5) is 0 Å². The molecule has 0 spiro atoms. The second-order valence-corrected chi connectivity index (χ2v) is 5.11. The van der Waals surface area contributed by atoms with Crippen LogP contribution in [0.2, 0.25) is 0 Å². The fourth-order valence-electron chi connectivity index (χ4n) is 2.15. The Morgan fingerprint density at radius 1 is 1.50 bits per heavy atom. The molecule has 0 radical (unpaired) electrons. The van der Waals surface area contributed by atoms with Gasteiger partial charge in [0.25, 0.3) is 0 Å². The van der Waals surface area contributed by atoms with E-state index in [-0.39, 0.29) is 11.7 Å². The van der Waals surface area contributed by atoms with Crippen molar-refractivity contribution in [3.05, 3.63) is 11.6 Å². The summed E-state index contributed by atoms with van der Waals surface area (Å²) in [5.41, 5.74) is 0.789. The van der Waals surface area contributed by atoms with Crippen LogP contribution in [0.3, 0.4) is 0 Å². The first kappa shape index (κ1) is 15.3. The SMILES string of the molecule is CCCCCOC(C)(OO)C1CC=C(C)C(=O)C1. The van der Waals surface area contributed by atoms with Gasteiger partial charge >= 0.3 is 0 Å². The van der Waals surface area contributed by atoms with Gasteiger partial charge in [-0.1, -0.05) is 25.8 Å². The van der Waals surface area contributed by atoms with E-state index >= 15 is 0 Å². The van der Waals surface area contributed by atoms with Crippen molar-refractivity contribution in [3.63, 3.8) is 0 Å². The minimum Gasteiger partial charge on any atom is -0.347 e. The number of ketones is 1. The first-order chi connectivity index (χ1) is 8.53. The number of rotatable bonds is 7. The zero-order valence-corrected chi connectivity index (χ0v) is 11.6. The Bertz CT molecular complexity index is 311. The van der Waals surface area contributed by atoms with E-state index in [4.69, 9.17) is 9.99 Å². The molecule has 0 aliphatic heterocycles. The lowest BCUT2D eigenvalue weighted by atomic mass is 9.84. The molecular weight excluding hydrogens is 232 g/mol. The van der Waals surface area contributed by atoms with Crippen molar-refractivity contribution >= 4 is 5.78 Å². The number of unbranched alkanes of at least 4 members (excludes halogenated alkanes) is 2. The zero-order chi connectivity index (χ0) is 13.6. The summed E-state index contributed by atoms with van der Waals surface area (Å²) in [6, 6.07) is 0. The van der Waals surface area contributed by atoms with Crippen LogP contribution in [0.5, 0.6) is 0 Å². The summed E-state index contributed by atoms with van der Waals surface area (Å²) in [7, 11) is 0. The van der Waals surface area contributed by atoms with Crippen molar-refractivity contribution in [1.29, 1.82) is 0 Å². The molecule has 0 aromatic rings. The van der Waals surface area contributed by atoms with Crippen LogP contribution in [-0.4, -0.2) is 23.4 Å². The molecule has 4 heteroatoms. The molecule has 0 amide bonds. The highest BCUT2D eigenvalue weighted by Gasteiger charge is 2.39. The minimum atomic E-state index is -1.08. The maximum atomic E-state index is 11.7. The van der Waals surface area contributed by atoms with Crippen LogP contribution < -0.4 is 0 Å². The predicted molar refractivity (Wildman–Crippen MR) is 69.1 cm³/mol. The Morgan fingerprint density at radius 3 is 2.78 bits per heavy atom. The van der Waals surface area contributed by atoms with Crippen molar-refractivity contribution in [2.45, 2.75) is 58.7 Å². The molecule has 104 valence electrons. The second kappa shape index (κ2) is 7.02. The van der Waals surface area contributed by atoms with Gasteiger partial charge in [-0.2, -0.15) is 0 Å². The zero-order valence-electron chi connectivity index (χ0n) is 11.6. The van der Waals surface area contributed by atoms with Crippen LogP contribution in [0.25, 0.3) is 0 Å². The smallest absolute Gasteiger partial charge is 0.202 e. The van der Waals surface area contributed by atoms with Crippen LogP contribution >= 0.6 is 0 Å². The topological polar surface area (TPSA) is 55.8 Å². The van der Waals surface area contributed by atoms with Gasteiger partial charge in [0.1, 0.15) is 0 Å². The molecule has 0 heterocycles. The molecule has 0 aromatic heterocycles. The molecule has 0 fully saturated rings. The molecule has 2 unspecified atom stereocenters. The normalized spacial score (nSPS) is 23.7. The highest BCUT2D eigenvalue weighted by Crippen LogP contribution is 2.33. The highest BCUT2D eigenvalue weighted by atomic mass is 17.1. The Kier molecular flexibility index (Phi) is 5.99. The van der Waals surface area contributed by atoms with Gasteiger partial charge in [-0.05, 0) is 32.3 Å². The average Bonchev–Trinajstić information content (AvgIpc) is 2.37. The number of Topliss-reactive ketones (excluding diaryl/α,β-unsaturated/α-hetero) is 1. The Balaban J connectivity index is 2.56. The average molecular weight is 256 g/mol. The molecule has 2 atom stereocenters. The monoisotopic (exact) mass is 256 g/mol.